The van der Waals surface area contributed by atoms with Gasteiger partial charge >= 0.3 is 23.9 Å². The molecule has 0 saturated carbocycles. The summed E-state index contributed by atoms with van der Waals surface area (Å²) in [4.78, 5) is 46.8. The van der Waals surface area contributed by atoms with Crippen LogP contribution in [0.1, 0.15) is 0 Å². The molecule has 9 heteroatoms. The number of benzene rings is 3. The summed E-state index contributed by atoms with van der Waals surface area (Å²) in [5, 5.41) is 0. The van der Waals surface area contributed by atoms with Crippen LogP contribution in [0.25, 0.3) is 22.3 Å². The molecule has 0 amide bonds. The predicted molar refractivity (Wildman–Crippen MR) is 141 cm³/mol. The summed E-state index contributed by atoms with van der Waals surface area (Å²) < 4.78 is 35.5. The summed E-state index contributed by atoms with van der Waals surface area (Å²) in [6.07, 6.45) is 3.70. The van der Waals surface area contributed by atoms with Crippen molar-refractivity contribution >= 4 is 23.9 Å². The molecule has 3 rings (SSSR count). The summed E-state index contributed by atoms with van der Waals surface area (Å²) in [6.45, 7) is 13.3. The molecular formula is C30H21FO8. The molecule has 3 aromatic carbocycles. The Bertz CT molecular complexity index is 1500. The highest BCUT2D eigenvalue weighted by atomic mass is 19.1. The van der Waals surface area contributed by atoms with E-state index in [4.69, 9.17) is 18.9 Å². The van der Waals surface area contributed by atoms with E-state index in [0.717, 1.165) is 30.4 Å². The van der Waals surface area contributed by atoms with Gasteiger partial charge < -0.3 is 18.9 Å². The highest BCUT2D eigenvalue weighted by Gasteiger charge is 2.18. The highest BCUT2D eigenvalue weighted by molar-refractivity contribution is 5.88. The van der Waals surface area contributed by atoms with E-state index < -0.39 is 29.7 Å². The van der Waals surface area contributed by atoms with Crippen molar-refractivity contribution in [3.8, 4) is 45.3 Å². The predicted octanol–water partition coefficient (Wildman–Crippen LogP) is 5.53. The minimum absolute atomic E-state index is 0.00335. The van der Waals surface area contributed by atoms with Gasteiger partial charge in [0.2, 0.25) is 0 Å². The molecule has 0 aromatic heterocycles. The Morgan fingerprint density at radius 3 is 1.38 bits per heavy atom. The molecule has 0 fully saturated rings. The smallest absolute Gasteiger partial charge is 0.335 e. The zero-order valence-electron chi connectivity index (χ0n) is 20.5. The van der Waals surface area contributed by atoms with Crippen molar-refractivity contribution in [1.82, 2.24) is 0 Å². The summed E-state index contributed by atoms with van der Waals surface area (Å²) in [6, 6.07) is 13.2. The third-order valence-corrected chi connectivity index (χ3v) is 5.02. The number of carbonyl (C=O) groups is 4. The first-order valence-electron chi connectivity index (χ1n) is 11.1. The number of hydrogen-bond donors (Lipinski definition) is 0. The lowest BCUT2D eigenvalue weighted by molar-refractivity contribution is -0.131. The number of hydrogen-bond acceptors (Lipinski definition) is 8. The first-order chi connectivity index (χ1) is 18.7. The fraction of sp³-hybridized carbons (Fsp3) is 0. The van der Waals surface area contributed by atoms with Crippen molar-refractivity contribution < 1.29 is 42.5 Å². The molecule has 0 N–H and O–H groups in total. The van der Waals surface area contributed by atoms with Gasteiger partial charge in [0.1, 0.15) is 5.82 Å². The van der Waals surface area contributed by atoms with Crippen molar-refractivity contribution in [3.63, 3.8) is 0 Å². The molecule has 0 radical (unpaired) electrons. The van der Waals surface area contributed by atoms with E-state index >= 15 is 4.39 Å². The fourth-order valence-corrected chi connectivity index (χ4v) is 3.21. The lowest BCUT2D eigenvalue weighted by Crippen LogP contribution is -2.09. The van der Waals surface area contributed by atoms with Crippen molar-refractivity contribution in [2.24, 2.45) is 0 Å². The number of ether oxygens (including phenoxy) is 4. The molecule has 0 aliphatic heterocycles. The molecule has 196 valence electrons. The summed E-state index contributed by atoms with van der Waals surface area (Å²) in [5.74, 6) is -4.50. The van der Waals surface area contributed by atoms with Gasteiger partial charge in [-0.1, -0.05) is 56.6 Å². The van der Waals surface area contributed by atoms with E-state index in [0.29, 0.717) is 16.7 Å². The van der Waals surface area contributed by atoms with E-state index in [1.807, 2.05) is 0 Å². The van der Waals surface area contributed by atoms with Crippen molar-refractivity contribution in [2.45, 2.75) is 0 Å². The minimum Gasteiger partial charge on any atom is -0.419 e. The lowest BCUT2D eigenvalue weighted by Gasteiger charge is -2.13. The maximum Gasteiger partial charge on any atom is 0.335 e. The monoisotopic (exact) mass is 528 g/mol. The van der Waals surface area contributed by atoms with Gasteiger partial charge in [-0.15, -0.1) is 0 Å². The average Bonchev–Trinajstić information content (AvgIpc) is 2.94. The van der Waals surface area contributed by atoms with E-state index in [2.05, 4.69) is 26.3 Å². The number of rotatable bonds is 10. The fourth-order valence-electron chi connectivity index (χ4n) is 3.21. The van der Waals surface area contributed by atoms with E-state index in [9.17, 15) is 19.2 Å². The van der Waals surface area contributed by atoms with Crippen LogP contribution in [0.5, 0.6) is 23.0 Å². The Morgan fingerprint density at radius 1 is 0.513 bits per heavy atom. The van der Waals surface area contributed by atoms with Gasteiger partial charge in [0.05, 0.1) is 0 Å². The normalized spacial score (nSPS) is 9.97. The van der Waals surface area contributed by atoms with Crippen molar-refractivity contribution in [2.75, 3.05) is 0 Å². The Labute approximate surface area is 222 Å². The SMILES string of the molecule is C=CC(=O)Oc1ccc(-c2ccc(-c3cc(OC(=O)C=C)c(OC(=O)C=C)cc3F)cc2)cc1OC(=O)C=C. The number of carbonyl (C=O) groups excluding carboxylic acids is 4. The summed E-state index contributed by atoms with van der Waals surface area (Å²) in [7, 11) is 0. The van der Waals surface area contributed by atoms with Gasteiger partial charge in [0.15, 0.2) is 23.0 Å². The molecule has 0 aliphatic rings. The van der Waals surface area contributed by atoms with Crippen LogP contribution in [0.4, 0.5) is 4.39 Å². The second-order valence-corrected chi connectivity index (χ2v) is 7.52. The zero-order chi connectivity index (χ0) is 28.5. The van der Waals surface area contributed by atoms with Crippen LogP contribution in [0.3, 0.4) is 0 Å². The molecule has 0 unspecified atom stereocenters. The van der Waals surface area contributed by atoms with Crippen molar-refractivity contribution in [1.29, 1.82) is 0 Å². The first kappa shape index (κ1) is 28.0. The number of esters is 4. The van der Waals surface area contributed by atoms with Gasteiger partial charge in [-0.05, 0) is 34.9 Å². The topological polar surface area (TPSA) is 105 Å². The quantitative estimate of drug-likeness (QED) is 0.192. The number of halogens is 1. The molecule has 0 heterocycles. The Kier molecular flexibility index (Phi) is 9.05. The second-order valence-electron chi connectivity index (χ2n) is 7.52. The van der Waals surface area contributed by atoms with E-state index in [1.165, 1.54) is 18.2 Å². The van der Waals surface area contributed by atoms with Crippen LogP contribution in [0.2, 0.25) is 0 Å². The van der Waals surface area contributed by atoms with Crippen LogP contribution in [0.15, 0.2) is 105 Å². The molecule has 0 saturated heterocycles. The molecular weight excluding hydrogens is 507 g/mol. The Balaban J connectivity index is 1.99. The van der Waals surface area contributed by atoms with Crippen LogP contribution in [0, 0.1) is 5.82 Å². The standard InChI is InChI=1S/C30H21FO8/c1-5-27(32)36-23-14-13-20(15-24(23)37-28(33)6-2)18-9-11-19(12-10-18)21-16-25(38-29(34)7-3)26(17-22(21)31)39-30(35)8-4/h5-17H,1-4H2. The third kappa shape index (κ3) is 7.01. The molecule has 3 aromatic rings. The van der Waals surface area contributed by atoms with Crippen LogP contribution < -0.4 is 18.9 Å². The van der Waals surface area contributed by atoms with Gasteiger partial charge in [-0.3, -0.25) is 0 Å². The van der Waals surface area contributed by atoms with Gasteiger partial charge in [-0.25, -0.2) is 23.6 Å². The molecule has 0 spiro atoms. The van der Waals surface area contributed by atoms with Crippen molar-refractivity contribution in [3.05, 3.63) is 111 Å². The zero-order valence-corrected chi connectivity index (χ0v) is 20.5. The third-order valence-electron chi connectivity index (χ3n) is 5.02. The molecule has 8 nitrogen and oxygen atoms in total. The van der Waals surface area contributed by atoms with E-state index in [-0.39, 0.29) is 28.6 Å². The van der Waals surface area contributed by atoms with E-state index in [1.54, 1.807) is 30.3 Å². The van der Waals surface area contributed by atoms with Crippen LogP contribution in [-0.2, 0) is 19.2 Å². The molecule has 0 aliphatic carbocycles. The Hall–Kier alpha value is -5.57. The average molecular weight is 528 g/mol. The minimum atomic E-state index is -0.870. The lowest BCUT2D eigenvalue weighted by atomic mass is 9.99. The molecule has 0 bridgehead atoms. The van der Waals surface area contributed by atoms with Gasteiger partial charge in [0.25, 0.3) is 0 Å². The Morgan fingerprint density at radius 2 is 0.897 bits per heavy atom. The second kappa shape index (κ2) is 12.6. The maximum atomic E-state index is 15.0. The summed E-state index contributed by atoms with van der Waals surface area (Å²) in [5.41, 5.74) is 1.69. The first-order valence-corrected chi connectivity index (χ1v) is 11.1. The molecule has 0 atom stereocenters. The largest absolute Gasteiger partial charge is 0.419 e. The van der Waals surface area contributed by atoms with Gasteiger partial charge in [-0.2, -0.15) is 0 Å². The van der Waals surface area contributed by atoms with Crippen LogP contribution >= 0.6 is 0 Å². The van der Waals surface area contributed by atoms with Gasteiger partial charge in [0, 0.05) is 35.9 Å². The highest BCUT2D eigenvalue weighted by Crippen LogP contribution is 2.37. The maximum absolute atomic E-state index is 15.0. The molecule has 39 heavy (non-hydrogen) atoms. The van der Waals surface area contributed by atoms with Crippen LogP contribution in [-0.4, -0.2) is 23.9 Å². The summed E-state index contributed by atoms with van der Waals surface area (Å²) >= 11 is 0.